The Hall–Kier alpha value is -0.920. The van der Waals surface area contributed by atoms with Gasteiger partial charge in [-0.15, -0.1) is 0 Å². The summed E-state index contributed by atoms with van der Waals surface area (Å²) in [6.07, 6.45) is 3.04. The highest BCUT2D eigenvalue weighted by molar-refractivity contribution is 7.87. The fraction of sp³-hybridized carbons (Fsp3) is 0.400. The van der Waals surface area contributed by atoms with E-state index in [4.69, 9.17) is 0 Å². The molecule has 12 heavy (non-hydrogen) atoms. The maximum atomic E-state index is 10.8. The predicted molar refractivity (Wildman–Crippen MR) is 43.4 cm³/mol. The fourth-order valence-corrected chi connectivity index (χ4v) is 1.12. The lowest BCUT2D eigenvalue weighted by molar-refractivity contribution is 0.572. The minimum Gasteiger partial charge on any atom is -0.347 e. The molecule has 0 aliphatic heterocycles. The van der Waals surface area contributed by atoms with E-state index in [0.29, 0.717) is 5.69 Å². The molecule has 0 spiro atoms. The summed E-state index contributed by atoms with van der Waals surface area (Å²) in [5, 5.41) is 0. The molecule has 0 bridgehead atoms. The molecule has 0 aromatic carbocycles. The normalized spacial score (nSPS) is 11.8. The van der Waals surface area contributed by atoms with Gasteiger partial charge >= 0.3 is 0 Å². The van der Waals surface area contributed by atoms with E-state index in [1.165, 1.54) is 13.4 Å². The summed E-state index contributed by atoms with van der Waals surface area (Å²) < 4.78 is 26.1. The summed E-state index contributed by atoms with van der Waals surface area (Å²) in [5.74, 6) is 0. The predicted octanol–water partition coefficient (Wildman–Crippen LogP) is -1.04. The molecule has 68 valence electrons. The van der Waals surface area contributed by atoms with E-state index in [0.717, 1.165) is 0 Å². The van der Waals surface area contributed by atoms with Crippen LogP contribution in [0.3, 0.4) is 0 Å². The number of aromatic nitrogens is 2. The van der Waals surface area contributed by atoms with Gasteiger partial charge in [0.1, 0.15) is 0 Å². The number of rotatable bonds is 4. The molecule has 3 N–H and O–H groups in total. The molecule has 0 fully saturated rings. The topological polar surface area (TPSA) is 86.9 Å². The van der Waals surface area contributed by atoms with Gasteiger partial charge in [-0.1, -0.05) is 0 Å². The molecule has 0 unspecified atom stereocenters. The van der Waals surface area contributed by atoms with Crippen LogP contribution < -0.4 is 9.44 Å². The van der Waals surface area contributed by atoms with Crippen LogP contribution in [0.15, 0.2) is 12.5 Å². The number of hydrogen-bond acceptors (Lipinski definition) is 3. The van der Waals surface area contributed by atoms with Gasteiger partial charge < -0.3 is 4.98 Å². The lowest BCUT2D eigenvalue weighted by Crippen LogP contribution is -2.33. The molecular formula is C5H10N4O2S. The monoisotopic (exact) mass is 190 g/mol. The Balaban J connectivity index is 2.47. The van der Waals surface area contributed by atoms with Crippen LogP contribution in [0.5, 0.6) is 0 Å². The molecule has 0 radical (unpaired) electrons. The van der Waals surface area contributed by atoms with Crippen LogP contribution in [0.4, 0.5) is 0 Å². The Labute approximate surface area is 70.6 Å². The van der Waals surface area contributed by atoms with Gasteiger partial charge in [0, 0.05) is 18.9 Å². The van der Waals surface area contributed by atoms with Crippen molar-refractivity contribution in [2.75, 3.05) is 7.05 Å². The summed E-state index contributed by atoms with van der Waals surface area (Å²) in [4.78, 5) is 6.51. The van der Waals surface area contributed by atoms with Crippen LogP contribution in [0.1, 0.15) is 5.69 Å². The van der Waals surface area contributed by atoms with Crippen LogP contribution in [0.25, 0.3) is 0 Å². The molecule has 7 heteroatoms. The third-order valence-electron chi connectivity index (χ3n) is 1.28. The van der Waals surface area contributed by atoms with Crippen molar-refractivity contribution in [1.82, 2.24) is 19.4 Å². The second kappa shape index (κ2) is 3.65. The lowest BCUT2D eigenvalue weighted by atomic mass is 10.5. The van der Waals surface area contributed by atoms with Gasteiger partial charge in [-0.2, -0.15) is 13.1 Å². The third kappa shape index (κ3) is 2.61. The van der Waals surface area contributed by atoms with Crippen molar-refractivity contribution in [2.24, 2.45) is 0 Å². The molecule has 1 aromatic heterocycles. The van der Waals surface area contributed by atoms with Crippen molar-refractivity contribution in [2.45, 2.75) is 6.54 Å². The first kappa shape index (κ1) is 9.17. The van der Waals surface area contributed by atoms with Crippen molar-refractivity contribution in [3.05, 3.63) is 18.2 Å². The van der Waals surface area contributed by atoms with E-state index in [9.17, 15) is 8.42 Å². The molecule has 0 saturated heterocycles. The van der Waals surface area contributed by atoms with E-state index < -0.39 is 10.2 Å². The molecule has 0 aliphatic carbocycles. The molecule has 0 amide bonds. The van der Waals surface area contributed by atoms with E-state index in [-0.39, 0.29) is 6.54 Å². The van der Waals surface area contributed by atoms with Crippen molar-refractivity contribution >= 4 is 10.2 Å². The van der Waals surface area contributed by atoms with Gasteiger partial charge in [0.2, 0.25) is 0 Å². The zero-order valence-electron chi connectivity index (χ0n) is 6.53. The highest BCUT2D eigenvalue weighted by Crippen LogP contribution is 1.89. The zero-order chi connectivity index (χ0) is 9.03. The van der Waals surface area contributed by atoms with Gasteiger partial charge in [0.05, 0.1) is 12.9 Å². The first-order valence-electron chi connectivity index (χ1n) is 3.29. The molecule has 1 rings (SSSR count). The van der Waals surface area contributed by atoms with Crippen LogP contribution in [-0.2, 0) is 16.8 Å². The Kier molecular flexibility index (Phi) is 2.79. The quantitative estimate of drug-likeness (QED) is 0.567. The molecule has 6 nitrogen and oxygen atoms in total. The highest BCUT2D eigenvalue weighted by atomic mass is 32.2. The van der Waals surface area contributed by atoms with Gasteiger partial charge in [-0.3, -0.25) is 0 Å². The lowest BCUT2D eigenvalue weighted by Gasteiger charge is -2.01. The summed E-state index contributed by atoms with van der Waals surface area (Å²) in [6, 6.07) is 0. The Bertz CT molecular complexity index is 317. The summed E-state index contributed by atoms with van der Waals surface area (Å²) in [7, 11) is -2.00. The summed E-state index contributed by atoms with van der Waals surface area (Å²) in [6.45, 7) is 0.211. The third-order valence-corrected chi connectivity index (χ3v) is 2.34. The second-order valence-corrected chi connectivity index (χ2v) is 3.81. The van der Waals surface area contributed by atoms with Crippen LogP contribution in [-0.4, -0.2) is 25.4 Å². The molecule has 0 saturated carbocycles. The van der Waals surface area contributed by atoms with Gasteiger partial charge in [-0.25, -0.2) is 9.71 Å². The molecular weight excluding hydrogens is 180 g/mol. The average Bonchev–Trinajstić information content (AvgIpc) is 2.53. The number of imidazole rings is 1. The number of nitrogens with zero attached hydrogens (tertiary/aromatic N) is 1. The second-order valence-electron chi connectivity index (χ2n) is 2.11. The van der Waals surface area contributed by atoms with E-state index in [1.807, 2.05) is 0 Å². The zero-order valence-corrected chi connectivity index (χ0v) is 7.35. The Morgan fingerprint density at radius 3 is 2.92 bits per heavy atom. The first-order chi connectivity index (χ1) is 5.64. The van der Waals surface area contributed by atoms with Crippen molar-refractivity contribution in [1.29, 1.82) is 0 Å². The molecule has 0 atom stereocenters. The standard InChI is InChI=1S/C5H10N4O2S/c1-6-12(10,11)9-3-5-2-7-4-8-5/h2,4,6,9H,3H2,1H3,(H,7,8). The van der Waals surface area contributed by atoms with E-state index in [2.05, 4.69) is 19.4 Å². The van der Waals surface area contributed by atoms with Crippen LogP contribution >= 0.6 is 0 Å². The van der Waals surface area contributed by atoms with Crippen LogP contribution in [0, 0.1) is 0 Å². The maximum absolute atomic E-state index is 10.8. The average molecular weight is 190 g/mol. The molecule has 1 heterocycles. The Morgan fingerprint density at radius 1 is 1.67 bits per heavy atom. The summed E-state index contributed by atoms with van der Waals surface area (Å²) in [5.41, 5.74) is 0.717. The van der Waals surface area contributed by atoms with Gasteiger partial charge in [-0.05, 0) is 0 Å². The number of nitrogens with one attached hydrogen (secondary N) is 3. The highest BCUT2D eigenvalue weighted by Gasteiger charge is 2.04. The van der Waals surface area contributed by atoms with Gasteiger partial charge in [0.25, 0.3) is 10.2 Å². The maximum Gasteiger partial charge on any atom is 0.277 e. The number of aromatic amines is 1. The number of hydrogen-bond donors (Lipinski definition) is 3. The molecule has 0 aliphatic rings. The van der Waals surface area contributed by atoms with Crippen molar-refractivity contribution in [3.8, 4) is 0 Å². The fourth-order valence-electron chi connectivity index (χ4n) is 0.626. The van der Waals surface area contributed by atoms with E-state index >= 15 is 0 Å². The minimum absolute atomic E-state index is 0.211. The van der Waals surface area contributed by atoms with Crippen LogP contribution in [0.2, 0.25) is 0 Å². The van der Waals surface area contributed by atoms with Crippen molar-refractivity contribution in [3.63, 3.8) is 0 Å². The number of H-pyrrole nitrogens is 1. The van der Waals surface area contributed by atoms with Crippen molar-refractivity contribution < 1.29 is 8.42 Å². The SMILES string of the molecule is CNS(=O)(=O)NCc1cnc[nH]1. The first-order valence-corrected chi connectivity index (χ1v) is 4.78. The smallest absolute Gasteiger partial charge is 0.277 e. The summed E-state index contributed by atoms with van der Waals surface area (Å²) >= 11 is 0. The molecule has 1 aromatic rings. The minimum atomic E-state index is -3.34. The Morgan fingerprint density at radius 2 is 2.42 bits per heavy atom. The van der Waals surface area contributed by atoms with Gasteiger partial charge in [0.15, 0.2) is 0 Å². The largest absolute Gasteiger partial charge is 0.347 e. The van der Waals surface area contributed by atoms with E-state index in [1.54, 1.807) is 6.20 Å².